The van der Waals surface area contributed by atoms with Crippen LogP contribution in [0.1, 0.15) is 12.8 Å². The Morgan fingerprint density at radius 2 is 1.59 bits per heavy atom. The number of amides is 1. The Balaban J connectivity index is 1.18. The Morgan fingerprint density at radius 3 is 2.34 bits per heavy atom. The minimum atomic E-state index is -0.0690. The lowest BCUT2D eigenvalue weighted by molar-refractivity contribution is -0.120. The van der Waals surface area contributed by atoms with Crippen molar-refractivity contribution in [1.82, 2.24) is 29.7 Å². The predicted octanol–water partition coefficient (Wildman–Crippen LogP) is 1.14. The molecule has 5 heterocycles. The molecular formula is C21H25N9O2. The molecule has 0 saturated carbocycles. The molecule has 0 aliphatic carbocycles. The number of rotatable bonds is 5. The van der Waals surface area contributed by atoms with Crippen LogP contribution in [0.4, 0.5) is 17.5 Å². The first-order chi connectivity index (χ1) is 15.8. The van der Waals surface area contributed by atoms with Crippen LogP contribution in [0, 0.1) is 5.92 Å². The molecule has 11 nitrogen and oxygen atoms in total. The number of ether oxygens (including phenoxy) is 1. The van der Waals surface area contributed by atoms with Crippen LogP contribution in [0.3, 0.4) is 0 Å². The number of hydrogen-bond acceptors (Lipinski definition) is 9. The van der Waals surface area contributed by atoms with E-state index in [0.717, 1.165) is 56.5 Å². The smallest absolute Gasteiger partial charge is 0.228 e. The predicted molar refractivity (Wildman–Crippen MR) is 118 cm³/mol. The van der Waals surface area contributed by atoms with Gasteiger partial charge in [-0.15, -0.1) is 0 Å². The minimum Gasteiger partial charge on any atom is -0.378 e. The van der Waals surface area contributed by atoms with E-state index in [1.54, 1.807) is 17.2 Å². The Bertz CT molecular complexity index is 1040. The number of nitrogens with one attached hydrogen (secondary N) is 1. The zero-order chi connectivity index (χ0) is 21.8. The summed E-state index contributed by atoms with van der Waals surface area (Å²) >= 11 is 0. The molecule has 1 amide bonds. The second-order valence-electron chi connectivity index (χ2n) is 7.80. The summed E-state index contributed by atoms with van der Waals surface area (Å²) in [5, 5.41) is 7.19. The monoisotopic (exact) mass is 435 g/mol. The molecular weight excluding hydrogens is 410 g/mol. The molecule has 2 fully saturated rings. The fourth-order valence-corrected chi connectivity index (χ4v) is 4.02. The Morgan fingerprint density at radius 1 is 0.906 bits per heavy atom. The zero-order valence-corrected chi connectivity index (χ0v) is 17.7. The second kappa shape index (κ2) is 9.27. The summed E-state index contributed by atoms with van der Waals surface area (Å²) < 4.78 is 7.10. The van der Waals surface area contributed by atoms with Crippen molar-refractivity contribution >= 4 is 23.4 Å². The van der Waals surface area contributed by atoms with Crippen molar-refractivity contribution in [2.75, 3.05) is 54.5 Å². The largest absolute Gasteiger partial charge is 0.378 e. The van der Waals surface area contributed by atoms with Crippen LogP contribution in [0.25, 0.3) is 5.82 Å². The Labute approximate surface area is 185 Å². The molecule has 0 spiro atoms. The van der Waals surface area contributed by atoms with Gasteiger partial charge in [0.1, 0.15) is 30.1 Å². The van der Waals surface area contributed by atoms with Crippen molar-refractivity contribution in [2.45, 2.75) is 12.8 Å². The second-order valence-corrected chi connectivity index (χ2v) is 7.80. The molecule has 0 unspecified atom stereocenters. The summed E-state index contributed by atoms with van der Waals surface area (Å²) in [5.74, 6) is 2.84. The summed E-state index contributed by atoms with van der Waals surface area (Å²) in [6.45, 7) is 4.43. The third-order valence-corrected chi connectivity index (χ3v) is 5.81. The van der Waals surface area contributed by atoms with Gasteiger partial charge in [-0.2, -0.15) is 5.10 Å². The molecule has 5 rings (SSSR count). The average molecular weight is 435 g/mol. The summed E-state index contributed by atoms with van der Waals surface area (Å²) in [6, 6.07) is 5.60. The molecule has 11 heteroatoms. The zero-order valence-electron chi connectivity index (χ0n) is 17.7. The van der Waals surface area contributed by atoms with Crippen molar-refractivity contribution in [3.8, 4) is 5.82 Å². The Kier molecular flexibility index (Phi) is 5.88. The van der Waals surface area contributed by atoms with Gasteiger partial charge in [-0.1, -0.05) is 0 Å². The van der Waals surface area contributed by atoms with Crippen molar-refractivity contribution in [2.24, 2.45) is 5.92 Å². The number of aromatic nitrogens is 6. The first-order valence-electron chi connectivity index (χ1n) is 10.8. The maximum absolute atomic E-state index is 12.8. The van der Waals surface area contributed by atoms with Crippen LogP contribution in [-0.4, -0.2) is 75.0 Å². The highest BCUT2D eigenvalue weighted by atomic mass is 16.5. The Hall–Kier alpha value is -3.60. The van der Waals surface area contributed by atoms with E-state index in [4.69, 9.17) is 4.74 Å². The molecule has 32 heavy (non-hydrogen) atoms. The van der Waals surface area contributed by atoms with Crippen molar-refractivity contribution < 1.29 is 9.53 Å². The van der Waals surface area contributed by atoms with E-state index in [2.05, 4.69) is 40.2 Å². The van der Waals surface area contributed by atoms with Crippen LogP contribution >= 0.6 is 0 Å². The molecule has 0 radical (unpaired) electrons. The van der Waals surface area contributed by atoms with Gasteiger partial charge in [0.05, 0.1) is 13.2 Å². The molecule has 166 valence electrons. The quantitative estimate of drug-likeness (QED) is 0.630. The first kappa shape index (κ1) is 20.3. The van der Waals surface area contributed by atoms with E-state index < -0.39 is 0 Å². The van der Waals surface area contributed by atoms with E-state index in [1.165, 1.54) is 6.33 Å². The molecule has 2 saturated heterocycles. The maximum atomic E-state index is 12.8. The number of piperidine rings is 1. The molecule has 0 aromatic carbocycles. The van der Waals surface area contributed by atoms with Crippen LogP contribution in [0.15, 0.2) is 43.2 Å². The van der Waals surface area contributed by atoms with Gasteiger partial charge in [0.25, 0.3) is 0 Å². The summed E-state index contributed by atoms with van der Waals surface area (Å²) in [4.78, 5) is 34.4. The van der Waals surface area contributed by atoms with E-state index >= 15 is 0 Å². The highest BCUT2D eigenvalue weighted by Crippen LogP contribution is 2.24. The van der Waals surface area contributed by atoms with E-state index in [1.807, 2.05) is 24.4 Å². The van der Waals surface area contributed by atoms with Gasteiger partial charge in [-0.3, -0.25) is 4.79 Å². The maximum Gasteiger partial charge on any atom is 0.228 e. The number of carbonyl (C=O) groups excluding carboxylic acids is 1. The third kappa shape index (κ3) is 4.52. The van der Waals surface area contributed by atoms with E-state index in [-0.39, 0.29) is 11.8 Å². The van der Waals surface area contributed by atoms with Gasteiger partial charge in [-0.25, -0.2) is 24.6 Å². The SMILES string of the molecule is O=C(Nc1cc(N2CCOCC2)ncn1)C1CCN(c2cc(-n3cccn3)ncn2)CC1. The number of carbonyl (C=O) groups is 1. The van der Waals surface area contributed by atoms with Crippen LogP contribution < -0.4 is 15.1 Å². The third-order valence-electron chi connectivity index (χ3n) is 5.81. The number of nitrogens with zero attached hydrogens (tertiary/aromatic N) is 8. The van der Waals surface area contributed by atoms with Crippen LogP contribution in [0.2, 0.25) is 0 Å². The molecule has 0 bridgehead atoms. The molecule has 0 atom stereocenters. The summed E-state index contributed by atoms with van der Waals surface area (Å²) in [5.41, 5.74) is 0. The number of hydrogen-bond donors (Lipinski definition) is 1. The van der Waals surface area contributed by atoms with Gasteiger partial charge in [0, 0.05) is 56.6 Å². The number of morpholine rings is 1. The molecule has 2 aliphatic rings. The summed E-state index contributed by atoms with van der Waals surface area (Å²) in [7, 11) is 0. The van der Waals surface area contributed by atoms with Crippen LogP contribution in [-0.2, 0) is 9.53 Å². The van der Waals surface area contributed by atoms with Gasteiger partial charge in [0.2, 0.25) is 5.91 Å². The number of anilines is 3. The molecule has 3 aromatic heterocycles. The van der Waals surface area contributed by atoms with Gasteiger partial charge < -0.3 is 19.9 Å². The fraction of sp³-hybridized carbons (Fsp3) is 0.429. The standard InChI is InChI=1S/C21H25N9O2/c31-21(27-17-12-18(23-14-22-17)29-8-10-32-11-9-29)16-2-6-28(7-3-16)19-13-20(25-15-24-19)30-5-1-4-26-30/h1,4-5,12-16H,2-3,6-11H2,(H,22,23,27,31). The molecule has 1 N–H and O–H groups in total. The highest BCUT2D eigenvalue weighted by Gasteiger charge is 2.26. The fourth-order valence-electron chi connectivity index (χ4n) is 4.02. The topological polar surface area (TPSA) is 114 Å². The highest BCUT2D eigenvalue weighted by molar-refractivity contribution is 5.92. The van der Waals surface area contributed by atoms with Crippen molar-refractivity contribution in [3.05, 3.63) is 43.2 Å². The first-order valence-corrected chi connectivity index (χ1v) is 10.8. The lowest BCUT2D eigenvalue weighted by Gasteiger charge is -2.32. The molecule has 3 aromatic rings. The normalized spacial score (nSPS) is 17.4. The van der Waals surface area contributed by atoms with Gasteiger partial charge in [-0.05, 0) is 18.9 Å². The van der Waals surface area contributed by atoms with Crippen molar-refractivity contribution in [1.29, 1.82) is 0 Å². The van der Waals surface area contributed by atoms with E-state index in [0.29, 0.717) is 19.0 Å². The van der Waals surface area contributed by atoms with Crippen LogP contribution in [0.5, 0.6) is 0 Å². The van der Waals surface area contributed by atoms with Gasteiger partial charge in [0.15, 0.2) is 5.82 Å². The average Bonchev–Trinajstić information content (AvgIpc) is 3.40. The van der Waals surface area contributed by atoms with E-state index in [9.17, 15) is 4.79 Å². The summed E-state index contributed by atoms with van der Waals surface area (Å²) in [6.07, 6.45) is 8.10. The van der Waals surface area contributed by atoms with Crippen molar-refractivity contribution in [3.63, 3.8) is 0 Å². The minimum absolute atomic E-state index is 0.00352. The molecule has 2 aliphatic heterocycles. The lowest BCUT2D eigenvalue weighted by atomic mass is 9.96. The van der Waals surface area contributed by atoms with Gasteiger partial charge >= 0.3 is 0 Å². The lowest BCUT2D eigenvalue weighted by Crippen LogP contribution is -2.39.